The predicted molar refractivity (Wildman–Crippen MR) is 89.4 cm³/mol. The van der Waals surface area contributed by atoms with Crippen LogP contribution >= 0.6 is 24.0 Å². The first-order valence-corrected chi connectivity index (χ1v) is 8.99. The molecule has 0 atom stereocenters. The van der Waals surface area contributed by atoms with E-state index >= 15 is 0 Å². The molecule has 1 heterocycles. The number of hydrogen-bond donors (Lipinski definition) is 2. The van der Waals surface area contributed by atoms with Crippen molar-refractivity contribution < 1.29 is 13.2 Å². The molecule has 1 fully saturated rings. The zero-order chi connectivity index (χ0) is 15.3. The molecular formula is C14H20Cl2N2O3S. The first-order valence-electron chi connectivity index (χ1n) is 6.96. The predicted octanol–water partition coefficient (Wildman–Crippen LogP) is 1.65. The molecule has 5 nitrogen and oxygen atoms in total. The summed E-state index contributed by atoms with van der Waals surface area (Å²) in [6.45, 7) is 1.80. The Morgan fingerprint density at radius 3 is 2.41 bits per heavy atom. The molecule has 2 N–H and O–H groups in total. The quantitative estimate of drug-likeness (QED) is 0.830. The lowest BCUT2D eigenvalue weighted by Gasteiger charge is -2.21. The first kappa shape index (κ1) is 19.2. The van der Waals surface area contributed by atoms with Gasteiger partial charge in [0.05, 0.1) is 10.6 Å². The van der Waals surface area contributed by atoms with Crippen LogP contribution in [0.4, 0.5) is 0 Å². The summed E-state index contributed by atoms with van der Waals surface area (Å²) in [5.41, 5.74) is 0. The molecule has 0 radical (unpaired) electrons. The minimum Gasteiger partial charge on any atom is -0.355 e. The van der Waals surface area contributed by atoms with Crippen LogP contribution in [-0.4, -0.2) is 39.7 Å². The third-order valence-corrected chi connectivity index (χ3v) is 5.54. The van der Waals surface area contributed by atoms with E-state index in [1.807, 2.05) is 0 Å². The summed E-state index contributed by atoms with van der Waals surface area (Å²) in [4.78, 5) is 12.1. The zero-order valence-electron chi connectivity index (χ0n) is 12.0. The third kappa shape index (κ3) is 5.43. The van der Waals surface area contributed by atoms with Crippen LogP contribution in [0, 0.1) is 5.92 Å². The molecule has 1 amide bonds. The van der Waals surface area contributed by atoms with E-state index in [1.54, 1.807) is 12.1 Å². The Kier molecular flexibility index (Phi) is 7.62. The van der Waals surface area contributed by atoms with E-state index in [0.717, 1.165) is 25.9 Å². The molecule has 1 aromatic carbocycles. The van der Waals surface area contributed by atoms with Gasteiger partial charge in [0.15, 0.2) is 9.84 Å². The lowest BCUT2D eigenvalue weighted by atomic mass is 9.97. The molecule has 0 aromatic heterocycles. The van der Waals surface area contributed by atoms with Crippen molar-refractivity contribution in [2.24, 2.45) is 5.92 Å². The van der Waals surface area contributed by atoms with Crippen LogP contribution in [0.25, 0.3) is 0 Å². The molecular weight excluding hydrogens is 347 g/mol. The molecule has 0 bridgehead atoms. The van der Waals surface area contributed by atoms with Crippen molar-refractivity contribution in [3.8, 4) is 0 Å². The fourth-order valence-electron chi connectivity index (χ4n) is 2.30. The van der Waals surface area contributed by atoms with Crippen LogP contribution in [0.3, 0.4) is 0 Å². The van der Waals surface area contributed by atoms with Gasteiger partial charge in [-0.25, -0.2) is 8.42 Å². The summed E-state index contributed by atoms with van der Waals surface area (Å²) in [6.07, 6.45) is 1.60. The molecule has 1 aliphatic heterocycles. The average Bonchev–Trinajstić information content (AvgIpc) is 2.48. The van der Waals surface area contributed by atoms with Gasteiger partial charge >= 0.3 is 0 Å². The van der Waals surface area contributed by atoms with Crippen LogP contribution in [-0.2, 0) is 14.6 Å². The van der Waals surface area contributed by atoms with Crippen molar-refractivity contribution in [1.82, 2.24) is 10.6 Å². The Hall–Kier alpha value is -0.820. The van der Waals surface area contributed by atoms with E-state index in [0.29, 0.717) is 5.02 Å². The van der Waals surface area contributed by atoms with Gasteiger partial charge in [-0.15, -0.1) is 12.4 Å². The van der Waals surface area contributed by atoms with Gasteiger partial charge in [0.1, 0.15) is 0 Å². The molecule has 8 heteroatoms. The number of amides is 1. The normalized spacial score (nSPS) is 15.9. The van der Waals surface area contributed by atoms with Crippen molar-refractivity contribution >= 4 is 39.8 Å². The number of halogens is 2. The average molecular weight is 367 g/mol. The highest BCUT2D eigenvalue weighted by Crippen LogP contribution is 2.15. The van der Waals surface area contributed by atoms with Crippen LogP contribution in [0.5, 0.6) is 0 Å². The minimum atomic E-state index is -3.39. The second-order valence-corrected chi connectivity index (χ2v) is 7.63. The maximum atomic E-state index is 12.1. The summed E-state index contributed by atoms with van der Waals surface area (Å²) in [6, 6.07) is 6.04. The van der Waals surface area contributed by atoms with E-state index in [2.05, 4.69) is 10.6 Å². The lowest BCUT2D eigenvalue weighted by Crippen LogP contribution is -2.39. The van der Waals surface area contributed by atoms with Crippen molar-refractivity contribution in [3.05, 3.63) is 29.3 Å². The van der Waals surface area contributed by atoms with Gasteiger partial charge in [-0.05, 0) is 50.2 Å². The van der Waals surface area contributed by atoms with Gasteiger partial charge in [-0.2, -0.15) is 0 Å². The SMILES string of the molecule is Cl.O=C(NCCS(=O)(=O)c1ccc(Cl)cc1)C1CCNCC1. The Balaban J connectivity index is 0.00000242. The van der Waals surface area contributed by atoms with E-state index in [1.165, 1.54) is 12.1 Å². The smallest absolute Gasteiger partial charge is 0.223 e. The number of piperidine rings is 1. The molecule has 1 aliphatic rings. The number of hydrogen-bond acceptors (Lipinski definition) is 4. The maximum absolute atomic E-state index is 12.1. The number of benzene rings is 1. The fraction of sp³-hybridized carbons (Fsp3) is 0.500. The van der Waals surface area contributed by atoms with Crippen molar-refractivity contribution in [2.45, 2.75) is 17.7 Å². The van der Waals surface area contributed by atoms with Crippen LogP contribution in [0.1, 0.15) is 12.8 Å². The summed E-state index contributed by atoms with van der Waals surface area (Å²) in [5, 5.41) is 6.40. The third-order valence-electron chi connectivity index (χ3n) is 3.55. The van der Waals surface area contributed by atoms with Crippen LogP contribution < -0.4 is 10.6 Å². The highest BCUT2D eigenvalue weighted by Gasteiger charge is 2.21. The molecule has 1 aromatic rings. The molecule has 1 saturated heterocycles. The summed E-state index contributed by atoms with van der Waals surface area (Å²) < 4.78 is 24.2. The number of nitrogens with one attached hydrogen (secondary N) is 2. The Morgan fingerprint density at radius 2 is 1.82 bits per heavy atom. The Bertz CT molecular complexity index is 585. The largest absolute Gasteiger partial charge is 0.355 e. The van der Waals surface area contributed by atoms with Gasteiger partial charge in [-0.3, -0.25) is 4.79 Å². The standard InChI is InChI=1S/C14H19ClN2O3S.ClH/c15-12-1-3-13(4-2-12)21(19,20)10-9-17-14(18)11-5-7-16-8-6-11;/h1-4,11,16H,5-10H2,(H,17,18);1H. The van der Waals surface area contributed by atoms with E-state index in [4.69, 9.17) is 11.6 Å². The molecule has 0 aliphatic carbocycles. The fourth-order valence-corrected chi connectivity index (χ4v) is 3.58. The Labute approximate surface area is 142 Å². The monoisotopic (exact) mass is 366 g/mol. The Morgan fingerprint density at radius 1 is 1.23 bits per heavy atom. The van der Waals surface area contributed by atoms with Gasteiger partial charge in [0, 0.05) is 17.5 Å². The first-order chi connectivity index (χ1) is 9.99. The molecule has 0 saturated carbocycles. The maximum Gasteiger partial charge on any atom is 0.223 e. The van der Waals surface area contributed by atoms with E-state index < -0.39 is 9.84 Å². The molecule has 22 heavy (non-hydrogen) atoms. The number of rotatable bonds is 5. The highest BCUT2D eigenvalue weighted by atomic mass is 35.5. The van der Waals surface area contributed by atoms with Crippen LogP contribution in [0.2, 0.25) is 5.02 Å². The van der Waals surface area contributed by atoms with Crippen molar-refractivity contribution in [3.63, 3.8) is 0 Å². The second-order valence-electron chi connectivity index (χ2n) is 5.09. The topological polar surface area (TPSA) is 75.3 Å². The van der Waals surface area contributed by atoms with E-state index in [-0.39, 0.29) is 41.4 Å². The second kappa shape index (κ2) is 8.72. The number of carbonyl (C=O) groups is 1. The highest BCUT2D eigenvalue weighted by molar-refractivity contribution is 7.91. The van der Waals surface area contributed by atoms with Gasteiger partial charge in [-0.1, -0.05) is 11.6 Å². The molecule has 124 valence electrons. The lowest BCUT2D eigenvalue weighted by molar-refractivity contribution is -0.125. The molecule has 0 spiro atoms. The number of carbonyl (C=O) groups excluding carboxylic acids is 1. The molecule has 2 rings (SSSR count). The van der Waals surface area contributed by atoms with Crippen molar-refractivity contribution in [1.29, 1.82) is 0 Å². The minimum absolute atomic E-state index is 0. The van der Waals surface area contributed by atoms with Crippen molar-refractivity contribution in [2.75, 3.05) is 25.4 Å². The van der Waals surface area contributed by atoms with E-state index in [9.17, 15) is 13.2 Å². The van der Waals surface area contributed by atoms with Gasteiger partial charge in [0.25, 0.3) is 0 Å². The number of sulfone groups is 1. The van der Waals surface area contributed by atoms with Crippen LogP contribution in [0.15, 0.2) is 29.2 Å². The molecule has 0 unspecified atom stereocenters. The van der Waals surface area contributed by atoms with Gasteiger partial charge < -0.3 is 10.6 Å². The summed E-state index contributed by atoms with van der Waals surface area (Å²) in [5.74, 6) is -0.169. The zero-order valence-corrected chi connectivity index (χ0v) is 14.4. The van der Waals surface area contributed by atoms with Gasteiger partial charge in [0.2, 0.25) is 5.91 Å². The summed E-state index contributed by atoms with van der Waals surface area (Å²) in [7, 11) is -3.39. The summed E-state index contributed by atoms with van der Waals surface area (Å²) >= 11 is 5.74.